The molecule has 0 spiro atoms. The van der Waals surface area contributed by atoms with Gasteiger partial charge in [-0.1, -0.05) is 81.3 Å². The molecule has 0 heterocycles. The molecule has 0 unspecified atom stereocenters. The molecule has 0 bridgehead atoms. The van der Waals surface area contributed by atoms with Crippen LogP contribution in [-0.2, 0) is 21.1 Å². The van der Waals surface area contributed by atoms with Crippen LogP contribution in [0.2, 0.25) is 0 Å². The van der Waals surface area contributed by atoms with Gasteiger partial charge in [0.05, 0.1) is 5.16 Å². The van der Waals surface area contributed by atoms with Crippen LogP contribution in [0.5, 0.6) is 0 Å². The summed E-state index contributed by atoms with van der Waals surface area (Å²) in [5, 5.41) is 2.57. The fraction of sp³-hybridized carbons (Fsp3) is 0.276. The van der Waals surface area contributed by atoms with E-state index in [0.29, 0.717) is 6.54 Å². The molecule has 3 N–H and O–H groups in total. The van der Waals surface area contributed by atoms with Gasteiger partial charge in [0, 0.05) is 18.3 Å². The number of hydrogen-bond acceptors (Lipinski definition) is 3. The Morgan fingerprint density at radius 2 is 1.62 bits per heavy atom. The highest BCUT2D eigenvalue weighted by molar-refractivity contribution is 7.25. The maximum Gasteiger partial charge on any atom is 0.248 e. The predicted molar refractivity (Wildman–Crippen MR) is 143 cm³/mol. The van der Waals surface area contributed by atoms with E-state index >= 15 is 0 Å². The lowest BCUT2D eigenvalue weighted by atomic mass is 9.89. The summed E-state index contributed by atoms with van der Waals surface area (Å²) in [4.78, 5) is 12.5. The van der Waals surface area contributed by atoms with Crippen LogP contribution >= 0.6 is 8.46 Å². The van der Waals surface area contributed by atoms with Gasteiger partial charge in [0.2, 0.25) is 5.91 Å². The molecule has 0 aliphatic heterocycles. The number of rotatable bonds is 11. The maximum atomic E-state index is 12.5. The first-order chi connectivity index (χ1) is 16.5. The number of nitrogens with two attached hydrogens (primary N) is 1. The number of nitrogens with one attached hydrogen (secondary N) is 1. The van der Waals surface area contributed by atoms with E-state index in [2.05, 4.69) is 43.4 Å². The Kier molecular flexibility index (Phi) is 9.33. The molecule has 5 heteroatoms. The minimum absolute atomic E-state index is 0.156. The van der Waals surface area contributed by atoms with Gasteiger partial charge < -0.3 is 11.1 Å². The van der Waals surface area contributed by atoms with Gasteiger partial charge in [0.25, 0.3) is 0 Å². The normalized spacial score (nSPS) is 11.7. The monoisotopic (exact) mass is 472 g/mol. The van der Waals surface area contributed by atoms with Crippen LogP contribution < -0.4 is 11.1 Å². The molecule has 0 aliphatic rings. The largest absolute Gasteiger partial charge is 0.326 e. The Morgan fingerprint density at radius 1 is 0.941 bits per heavy atom. The van der Waals surface area contributed by atoms with E-state index in [0.717, 1.165) is 59.2 Å². The molecule has 0 atom stereocenters. The molecule has 0 radical (unpaired) electrons. The van der Waals surface area contributed by atoms with Crippen molar-refractivity contribution in [1.29, 1.82) is 0 Å². The van der Waals surface area contributed by atoms with Gasteiger partial charge in [-0.2, -0.15) is 0 Å². The smallest absolute Gasteiger partial charge is 0.248 e. The van der Waals surface area contributed by atoms with E-state index in [-0.39, 0.29) is 19.5 Å². The fourth-order valence-electron chi connectivity index (χ4n) is 4.26. The zero-order valence-corrected chi connectivity index (χ0v) is 20.9. The number of amides is 1. The molecule has 1 amide bonds. The molecule has 0 fully saturated rings. The zero-order chi connectivity index (χ0) is 24.4. The molecular formula is C29H33N2O2P. The van der Waals surface area contributed by atoms with Gasteiger partial charge in [-0.25, -0.2) is 0 Å². The summed E-state index contributed by atoms with van der Waals surface area (Å²) in [6.45, 7) is 4.75. The van der Waals surface area contributed by atoms with Gasteiger partial charge in [0.1, 0.15) is 0 Å². The van der Waals surface area contributed by atoms with Crippen molar-refractivity contribution in [3.63, 3.8) is 0 Å². The first kappa shape index (κ1) is 25.6. The van der Waals surface area contributed by atoms with Crippen LogP contribution in [0.25, 0.3) is 17.2 Å². The van der Waals surface area contributed by atoms with Crippen LogP contribution in [-0.4, -0.2) is 5.91 Å². The van der Waals surface area contributed by atoms with Crippen LogP contribution in [0.15, 0.2) is 78.9 Å². The van der Waals surface area contributed by atoms with E-state index in [4.69, 9.17) is 5.73 Å². The third kappa shape index (κ3) is 6.50. The molecule has 3 aromatic rings. The summed E-state index contributed by atoms with van der Waals surface area (Å²) in [6, 6.07) is 24.0. The van der Waals surface area contributed by atoms with Gasteiger partial charge in [-0.15, -0.1) is 0 Å². The van der Waals surface area contributed by atoms with Crippen molar-refractivity contribution in [2.45, 2.75) is 51.2 Å². The lowest BCUT2D eigenvalue weighted by Crippen LogP contribution is -2.18. The van der Waals surface area contributed by atoms with E-state index in [1.807, 2.05) is 54.6 Å². The number of benzene rings is 3. The van der Waals surface area contributed by atoms with Crippen molar-refractivity contribution in [1.82, 2.24) is 0 Å². The first-order valence-electron chi connectivity index (χ1n) is 11.9. The highest BCUT2D eigenvalue weighted by atomic mass is 31.1. The molecule has 0 aliphatic carbocycles. The van der Waals surface area contributed by atoms with E-state index in [1.165, 1.54) is 0 Å². The molecule has 34 heavy (non-hydrogen) atoms. The molecule has 3 rings (SSSR count). The first-order valence-corrected chi connectivity index (χ1v) is 12.7. The second-order valence-electron chi connectivity index (χ2n) is 8.55. The second-order valence-corrected chi connectivity index (χ2v) is 9.59. The van der Waals surface area contributed by atoms with Crippen LogP contribution in [0.4, 0.5) is 5.69 Å². The Bertz CT molecular complexity index is 1120. The molecular weight excluding hydrogens is 439 g/mol. The molecule has 0 saturated heterocycles. The summed E-state index contributed by atoms with van der Waals surface area (Å²) in [6.07, 6.45) is 7.04. The third-order valence-corrected chi connectivity index (χ3v) is 7.08. The van der Waals surface area contributed by atoms with Gasteiger partial charge in [0.15, 0.2) is 8.46 Å². The lowest BCUT2D eigenvalue weighted by molar-refractivity contribution is -0.111. The Labute approximate surface area is 204 Å². The quantitative estimate of drug-likeness (QED) is 0.223. The third-order valence-electron chi connectivity index (χ3n) is 6.03. The summed E-state index contributed by atoms with van der Waals surface area (Å²) in [5.74, 6) is -0.194. The fourth-order valence-corrected chi connectivity index (χ4v) is 5.14. The van der Waals surface area contributed by atoms with Gasteiger partial charge in [-0.05, 0) is 64.9 Å². The van der Waals surface area contributed by atoms with Crippen LogP contribution in [0.3, 0.4) is 0 Å². The number of carbonyl (C=O) groups is 1. The standard InChI is InChI=1S/C29H33N2O2P/c1-3-18-29(34-33,19-4-2)26-13-15-27(16-14-26)31-28(32)17-10-22-6-5-7-25(20-22)24-11-8-23(21-30)9-12-24/h5-17,20H,3-4,18-19,21,30H2,1-2H3,(H,31,32)/b17-10+. The van der Waals surface area contributed by atoms with E-state index in [9.17, 15) is 9.36 Å². The highest BCUT2D eigenvalue weighted by Gasteiger charge is 2.31. The molecule has 176 valence electrons. The molecule has 4 nitrogen and oxygen atoms in total. The molecule has 0 saturated carbocycles. The zero-order valence-electron chi connectivity index (χ0n) is 20.0. The van der Waals surface area contributed by atoms with Crippen molar-refractivity contribution in [2.24, 2.45) is 5.73 Å². The minimum atomic E-state index is -0.346. The van der Waals surface area contributed by atoms with Crippen molar-refractivity contribution >= 4 is 26.1 Å². The number of hydrogen-bond donors (Lipinski definition) is 2. The SMILES string of the molecule is CCCC(CCC)(P=O)c1ccc(NC(=O)/C=C/c2cccc(-c3ccc(CN)cc3)c2)cc1. The summed E-state index contributed by atoms with van der Waals surface area (Å²) in [7, 11) is 0.156. The maximum absolute atomic E-state index is 12.5. The number of anilines is 1. The summed E-state index contributed by atoms with van der Waals surface area (Å²) < 4.78 is 12.0. The van der Waals surface area contributed by atoms with Crippen molar-refractivity contribution in [3.05, 3.63) is 95.6 Å². The number of carbonyl (C=O) groups excluding carboxylic acids is 1. The molecule has 0 aromatic heterocycles. The van der Waals surface area contributed by atoms with Crippen molar-refractivity contribution < 1.29 is 9.36 Å². The van der Waals surface area contributed by atoms with Crippen LogP contribution in [0.1, 0.15) is 56.2 Å². The van der Waals surface area contributed by atoms with Crippen LogP contribution in [0, 0.1) is 0 Å². The van der Waals surface area contributed by atoms with Gasteiger partial charge in [-0.3, -0.25) is 9.36 Å². The second kappa shape index (κ2) is 12.4. The molecule has 3 aromatic carbocycles. The van der Waals surface area contributed by atoms with Crippen molar-refractivity contribution in [2.75, 3.05) is 5.32 Å². The van der Waals surface area contributed by atoms with Gasteiger partial charge >= 0.3 is 0 Å². The minimum Gasteiger partial charge on any atom is -0.326 e. The van der Waals surface area contributed by atoms with E-state index < -0.39 is 0 Å². The Balaban J connectivity index is 1.67. The predicted octanol–water partition coefficient (Wildman–Crippen LogP) is 7.55. The Hall–Kier alpha value is -3.07. The van der Waals surface area contributed by atoms with Crippen molar-refractivity contribution in [3.8, 4) is 11.1 Å². The highest BCUT2D eigenvalue weighted by Crippen LogP contribution is 2.44. The Morgan fingerprint density at radius 3 is 2.21 bits per heavy atom. The average molecular weight is 473 g/mol. The average Bonchev–Trinajstić information content (AvgIpc) is 2.88. The van der Waals surface area contributed by atoms with E-state index in [1.54, 1.807) is 6.08 Å². The summed E-state index contributed by atoms with van der Waals surface area (Å²) in [5.41, 5.74) is 11.7. The topological polar surface area (TPSA) is 72.2 Å². The summed E-state index contributed by atoms with van der Waals surface area (Å²) >= 11 is 0. The lowest BCUT2D eigenvalue weighted by Gasteiger charge is -2.27.